The molecule has 0 spiro atoms. The Kier molecular flexibility index (Phi) is 7.05. The van der Waals surface area contributed by atoms with E-state index in [2.05, 4.69) is 16.8 Å². The molecular formula is C25H32N4O3. The van der Waals surface area contributed by atoms with Gasteiger partial charge in [0.05, 0.1) is 5.69 Å². The summed E-state index contributed by atoms with van der Waals surface area (Å²) in [4.78, 5) is 36.4. The van der Waals surface area contributed by atoms with Gasteiger partial charge in [-0.15, -0.1) is 0 Å². The van der Waals surface area contributed by atoms with Gasteiger partial charge in [-0.2, -0.15) is 0 Å². The molecule has 3 heterocycles. The van der Waals surface area contributed by atoms with Crippen molar-refractivity contribution in [3.63, 3.8) is 0 Å². The first kappa shape index (κ1) is 22.3. The summed E-state index contributed by atoms with van der Waals surface area (Å²) in [5.74, 6) is 0.643. The van der Waals surface area contributed by atoms with E-state index >= 15 is 0 Å². The number of hydrogen-bond acceptors (Lipinski definition) is 5. The van der Waals surface area contributed by atoms with Crippen LogP contribution in [0, 0.1) is 0 Å². The van der Waals surface area contributed by atoms with Crippen molar-refractivity contribution in [2.45, 2.75) is 51.8 Å². The standard InChI is InChI=1S/C25H32N4O3/c1-3-27-15-6-7-21(27)18-28(17-20-10-13-26-14-11-20)24(30)12-16-29-22-8-4-5-9-23(22)32-19(2)25(29)31/h4-5,8-11,13-14,19,21H,3,6-7,12,15-18H2,1-2H3/t19-,21-/m1/s1. The Morgan fingerprint density at radius 1 is 1.22 bits per heavy atom. The van der Waals surface area contributed by atoms with Gasteiger partial charge in [-0.1, -0.05) is 19.1 Å². The number of benzene rings is 1. The van der Waals surface area contributed by atoms with Gasteiger partial charge < -0.3 is 14.5 Å². The molecule has 2 atom stereocenters. The molecule has 2 amide bonds. The minimum Gasteiger partial charge on any atom is -0.479 e. The number of pyridine rings is 1. The van der Waals surface area contributed by atoms with E-state index in [1.807, 2.05) is 41.3 Å². The molecule has 4 rings (SSSR count). The predicted octanol–water partition coefficient (Wildman–Crippen LogP) is 3.10. The van der Waals surface area contributed by atoms with Crippen molar-refractivity contribution in [3.8, 4) is 5.75 Å². The number of rotatable bonds is 8. The van der Waals surface area contributed by atoms with Crippen LogP contribution in [0.15, 0.2) is 48.8 Å². The zero-order valence-corrected chi connectivity index (χ0v) is 18.9. The molecule has 7 nitrogen and oxygen atoms in total. The smallest absolute Gasteiger partial charge is 0.267 e. The summed E-state index contributed by atoms with van der Waals surface area (Å²) in [6.45, 7) is 7.63. The molecule has 0 unspecified atom stereocenters. The van der Waals surface area contributed by atoms with Crippen LogP contribution in [-0.2, 0) is 16.1 Å². The van der Waals surface area contributed by atoms with Gasteiger partial charge in [0.1, 0.15) is 5.75 Å². The van der Waals surface area contributed by atoms with Crippen LogP contribution in [0.4, 0.5) is 5.69 Å². The Bertz CT molecular complexity index is 936. The van der Waals surface area contributed by atoms with Gasteiger partial charge in [0, 0.05) is 44.5 Å². The van der Waals surface area contributed by atoms with Crippen molar-refractivity contribution < 1.29 is 14.3 Å². The van der Waals surface area contributed by atoms with E-state index in [1.165, 1.54) is 6.42 Å². The van der Waals surface area contributed by atoms with Gasteiger partial charge >= 0.3 is 0 Å². The topological polar surface area (TPSA) is 66.0 Å². The highest BCUT2D eigenvalue weighted by atomic mass is 16.5. The third-order valence-electron chi connectivity index (χ3n) is 6.43. The first-order valence-corrected chi connectivity index (χ1v) is 11.5. The quantitative estimate of drug-likeness (QED) is 0.636. The van der Waals surface area contributed by atoms with Gasteiger partial charge in [-0.25, -0.2) is 0 Å². The fourth-order valence-corrected chi connectivity index (χ4v) is 4.69. The molecule has 7 heteroatoms. The number of likely N-dealkylation sites (N-methyl/N-ethyl adjacent to an activating group) is 1. The van der Waals surface area contributed by atoms with E-state index in [9.17, 15) is 9.59 Å². The summed E-state index contributed by atoms with van der Waals surface area (Å²) in [5.41, 5.74) is 1.80. The molecule has 0 bridgehead atoms. The fraction of sp³-hybridized carbons (Fsp3) is 0.480. The summed E-state index contributed by atoms with van der Waals surface area (Å²) in [5, 5.41) is 0. The van der Waals surface area contributed by atoms with Crippen LogP contribution >= 0.6 is 0 Å². The lowest BCUT2D eigenvalue weighted by atomic mass is 10.1. The molecule has 1 aromatic heterocycles. The van der Waals surface area contributed by atoms with Crippen molar-refractivity contribution >= 4 is 17.5 Å². The molecule has 1 saturated heterocycles. The highest BCUT2D eigenvalue weighted by Gasteiger charge is 2.32. The first-order valence-electron chi connectivity index (χ1n) is 11.5. The number of amides is 2. The van der Waals surface area contributed by atoms with E-state index in [0.717, 1.165) is 30.8 Å². The average molecular weight is 437 g/mol. The summed E-state index contributed by atoms with van der Waals surface area (Å²) in [6.07, 6.45) is 5.53. The molecule has 2 aliphatic heterocycles. The van der Waals surface area contributed by atoms with Gasteiger partial charge in [0.15, 0.2) is 6.10 Å². The minimum absolute atomic E-state index is 0.0641. The van der Waals surface area contributed by atoms with E-state index in [-0.39, 0.29) is 18.2 Å². The number of likely N-dealkylation sites (tertiary alicyclic amines) is 1. The van der Waals surface area contributed by atoms with Crippen molar-refractivity contribution in [1.82, 2.24) is 14.8 Å². The number of nitrogens with zero attached hydrogens (tertiary/aromatic N) is 4. The highest BCUT2D eigenvalue weighted by Crippen LogP contribution is 2.33. The van der Waals surface area contributed by atoms with Crippen LogP contribution in [0.5, 0.6) is 5.75 Å². The Morgan fingerprint density at radius 2 is 2.00 bits per heavy atom. The number of aromatic nitrogens is 1. The van der Waals surface area contributed by atoms with Crippen LogP contribution in [0.1, 0.15) is 38.7 Å². The summed E-state index contributed by atoms with van der Waals surface area (Å²) < 4.78 is 5.72. The summed E-state index contributed by atoms with van der Waals surface area (Å²) in [7, 11) is 0. The average Bonchev–Trinajstić information content (AvgIpc) is 3.26. The molecule has 2 aliphatic rings. The molecule has 1 aromatic carbocycles. The summed E-state index contributed by atoms with van der Waals surface area (Å²) >= 11 is 0. The maximum absolute atomic E-state index is 13.4. The van der Waals surface area contributed by atoms with Gasteiger partial charge in [0.25, 0.3) is 5.91 Å². The van der Waals surface area contributed by atoms with Gasteiger partial charge in [-0.3, -0.25) is 19.5 Å². The van der Waals surface area contributed by atoms with Crippen molar-refractivity contribution in [2.75, 3.05) is 31.1 Å². The van der Waals surface area contributed by atoms with Crippen molar-refractivity contribution in [3.05, 3.63) is 54.4 Å². The van der Waals surface area contributed by atoms with E-state index in [0.29, 0.717) is 31.4 Å². The number of para-hydroxylation sites is 2. The van der Waals surface area contributed by atoms with Crippen LogP contribution in [0.2, 0.25) is 0 Å². The molecule has 32 heavy (non-hydrogen) atoms. The number of fused-ring (bicyclic) bond motifs is 1. The van der Waals surface area contributed by atoms with Crippen LogP contribution in [0.25, 0.3) is 0 Å². The molecule has 1 fully saturated rings. The number of hydrogen-bond donors (Lipinski definition) is 0. The van der Waals surface area contributed by atoms with Gasteiger partial charge in [0.2, 0.25) is 5.91 Å². The molecule has 0 saturated carbocycles. The zero-order valence-electron chi connectivity index (χ0n) is 18.9. The number of carbonyl (C=O) groups is 2. The minimum atomic E-state index is -0.551. The van der Waals surface area contributed by atoms with Crippen LogP contribution < -0.4 is 9.64 Å². The lowest BCUT2D eigenvalue weighted by Crippen LogP contribution is -2.47. The second-order valence-corrected chi connectivity index (χ2v) is 8.52. The monoisotopic (exact) mass is 436 g/mol. The number of carbonyl (C=O) groups excluding carboxylic acids is 2. The predicted molar refractivity (Wildman–Crippen MR) is 123 cm³/mol. The maximum Gasteiger partial charge on any atom is 0.267 e. The lowest BCUT2D eigenvalue weighted by molar-refractivity contribution is -0.132. The molecular weight excluding hydrogens is 404 g/mol. The third-order valence-corrected chi connectivity index (χ3v) is 6.43. The van der Waals surface area contributed by atoms with Crippen molar-refractivity contribution in [2.24, 2.45) is 0 Å². The first-order chi connectivity index (χ1) is 15.6. The maximum atomic E-state index is 13.4. The Hall–Kier alpha value is -2.93. The molecule has 0 N–H and O–H groups in total. The Morgan fingerprint density at radius 3 is 2.78 bits per heavy atom. The third kappa shape index (κ3) is 4.93. The second kappa shape index (κ2) is 10.1. The number of ether oxygens (including phenoxy) is 1. The van der Waals surface area contributed by atoms with E-state index < -0.39 is 6.10 Å². The zero-order chi connectivity index (χ0) is 22.5. The summed E-state index contributed by atoms with van der Waals surface area (Å²) in [6, 6.07) is 11.8. The largest absolute Gasteiger partial charge is 0.479 e. The molecule has 0 radical (unpaired) electrons. The Labute approximate surface area is 190 Å². The molecule has 0 aliphatic carbocycles. The van der Waals surface area contributed by atoms with Crippen molar-refractivity contribution in [1.29, 1.82) is 0 Å². The fourth-order valence-electron chi connectivity index (χ4n) is 4.69. The number of anilines is 1. The molecule has 170 valence electrons. The van der Waals surface area contributed by atoms with Gasteiger partial charge in [-0.05, 0) is 62.7 Å². The van der Waals surface area contributed by atoms with Crippen LogP contribution in [-0.4, -0.2) is 64.9 Å². The lowest BCUT2D eigenvalue weighted by Gasteiger charge is -2.34. The second-order valence-electron chi connectivity index (χ2n) is 8.52. The Balaban J connectivity index is 1.47. The SMILES string of the molecule is CCN1CCC[C@@H]1CN(Cc1ccncc1)C(=O)CCN1C(=O)[C@@H](C)Oc2ccccc21. The highest BCUT2D eigenvalue weighted by molar-refractivity contribution is 6.00. The van der Waals surface area contributed by atoms with E-state index in [4.69, 9.17) is 4.74 Å². The van der Waals surface area contributed by atoms with E-state index in [1.54, 1.807) is 24.2 Å². The van der Waals surface area contributed by atoms with Crippen LogP contribution in [0.3, 0.4) is 0 Å². The molecule has 2 aromatic rings. The normalized spacial score (nSPS) is 20.7.